The Morgan fingerprint density at radius 3 is 2.51 bits per heavy atom. The first-order chi connectivity index (χ1) is 23.5. The Bertz CT molecular complexity index is 1930. The first-order valence-corrected chi connectivity index (χ1v) is 15.9. The molecule has 1 aliphatic rings. The number of nitrogens with zero attached hydrogens (tertiary/aromatic N) is 3. The average Bonchev–Trinajstić information content (AvgIpc) is 3.74. The lowest BCUT2D eigenvalue weighted by Gasteiger charge is -2.21. The summed E-state index contributed by atoms with van der Waals surface area (Å²) in [4.78, 5) is 57.7. The Kier molecular flexibility index (Phi) is 11.2. The number of ketones is 1. The van der Waals surface area contributed by atoms with Gasteiger partial charge in [0.15, 0.2) is 11.9 Å². The maximum absolute atomic E-state index is 14.5. The topological polar surface area (TPSA) is 114 Å². The number of nitrogens with one attached hydrogen (secondary N) is 1. The molecule has 2 amide bonds. The highest BCUT2D eigenvalue weighted by Crippen LogP contribution is 2.29. The van der Waals surface area contributed by atoms with Gasteiger partial charge in [-0.1, -0.05) is 12.1 Å². The summed E-state index contributed by atoms with van der Waals surface area (Å²) >= 11 is 0. The fourth-order valence-electron chi connectivity index (χ4n) is 5.52. The number of aromatic nitrogens is 2. The molecular formula is C36H37F3N4O6. The summed E-state index contributed by atoms with van der Waals surface area (Å²) in [5, 5.41) is 0.452. The summed E-state index contributed by atoms with van der Waals surface area (Å²) < 4.78 is 54.6. The molecule has 1 aliphatic heterocycles. The SMILES string of the molecule is CN(C)C(=O)/C=C/CC[C@H](OC(=O)N1CCCC1)C(=O)Cc1cccn(Cc2cc3cc(F)cc(OCc4ccc(F)cc4F)c3[nH]2)c1=O. The predicted octanol–water partition coefficient (Wildman–Crippen LogP) is 5.51. The Morgan fingerprint density at radius 2 is 1.78 bits per heavy atom. The van der Waals surface area contributed by atoms with Crippen molar-refractivity contribution < 1.29 is 37.0 Å². The number of rotatable bonds is 13. The number of benzene rings is 2. The zero-order valence-electron chi connectivity index (χ0n) is 27.2. The zero-order chi connectivity index (χ0) is 35.1. The molecule has 4 aromatic rings. The molecule has 0 spiro atoms. The van der Waals surface area contributed by atoms with Gasteiger partial charge in [0.05, 0.1) is 12.1 Å². The van der Waals surface area contributed by atoms with Crippen molar-refractivity contribution in [3.05, 3.63) is 112 Å². The molecule has 2 aromatic heterocycles. The molecular weight excluding hydrogens is 641 g/mol. The number of aromatic amines is 1. The molecule has 3 heterocycles. The van der Waals surface area contributed by atoms with Gasteiger partial charge in [0.25, 0.3) is 5.56 Å². The van der Waals surface area contributed by atoms with Gasteiger partial charge in [-0.05, 0) is 62.1 Å². The number of pyridine rings is 1. The second-order valence-electron chi connectivity index (χ2n) is 12.1. The Balaban J connectivity index is 1.30. The number of fused-ring (bicyclic) bond motifs is 1. The van der Waals surface area contributed by atoms with E-state index in [9.17, 15) is 32.3 Å². The van der Waals surface area contributed by atoms with E-state index in [4.69, 9.17) is 9.47 Å². The average molecular weight is 679 g/mol. The van der Waals surface area contributed by atoms with Crippen molar-refractivity contribution in [3.63, 3.8) is 0 Å². The second kappa shape index (κ2) is 15.7. The van der Waals surface area contributed by atoms with E-state index in [2.05, 4.69) is 4.98 Å². The first kappa shape index (κ1) is 35.0. The van der Waals surface area contributed by atoms with Gasteiger partial charge in [0.1, 0.15) is 29.8 Å². The van der Waals surface area contributed by atoms with Crippen molar-refractivity contribution in [3.8, 4) is 5.75 Å². The molecule has 2 aromatic carbocycles. The van der Waals surface area contributed by atoms with Crippen LogP contribution in [0, 0.1) is 17.5 Å². The molecule has 10 nitrogen and oxygen atoms in total. The number of ether oxygens (including phenoxy) is 2. The van der Waals surface area contributed by atoms with Crippen molar-refractivity contribution in [2.24, 2.45) is 0 Å². The van der Waals surface area contributed by atoms with Crippen molar-refractivity contribution in [2.45, 2.75) is 51.4 Å². The molecule has 1 saturated heterocycles. The van der Waals surface area contributed by atoms with Crippen LogP contribution in [0.15, 0.2) is 71.7 Å². The van der Waals surface area contributed by atoms with Crippen LogP contribution in [0.3, 0.4) is 0 Å². The fourth-order valence-corrected chi connectivity index (χ4v) is 5.52. The van der Waals surface area contributed by atoms with E-state index in [1.54, 1.807) is 43.4 Å². The minimum Gasteiger partial charge on any atom is -0.486 e. The van der Waals surface area contributed by atoms with Crippen LogP contribution in [0.5, 0.6) is 5.75 Å². The van der Waals surface area contributed by atoms with Crippen LogP contribution >= 0.6 is 0 Å². The van der Waals surface area contributed by atoms with Gasteiger partial charge in [0.2, 0.25) is 5.91 Å². The highest BCUT2D eigenvalue weighted by atomic mass is 19.1. The molecule has 0 aliphatic carbocycles. The van der Waals surface area contributed by atoms with Gasteiger partial charge < -0.3 is 28.8 Å². The highest BCUT2D eigenvalue weighted by molar-refractivity contribution is 5.88. The van der Waals surface area contributed by atoms with E-state index >= 15 is 0 Å². The van der Waals surface area contributed by atoms with Gasteiger partial charge in [-0.15, -0.1) is 0 Å². The van der Waals surface area contributed by atoms with Gasteiger partial charge in [0, 0.05) is 74.1 Å². The number of Topliss-reactive ketones (excluding diaryl/α,β-unsaturated/α-hetero) is 1. The second-order valence-corrected chi connectivity index (χ2v) is 12.1. The third-order valence-corrected chi connectivity index (χ3v) is 8.18. The Morgan fingerprint density at radius 1 is 1.00 bits per heavy atom. The van der Waals surface area contributed by atoms with Gasteiger partial charge in [-0.25, -0.2) is 18.0 Å². The maximum Gasteiger partial charge on any atom is 0.410 e. The van der Waals surface area contributed by atoms with E-state index in [0.717, 1.165) is 31.0 Å². The number of allylic oxidation sites excluding steroid dienone is 1. The Hall–Kier alpha value is -5.33. The van der Waals surface area contributed by atoms with E-state index in [-0.39, 0.29) is 48.8 Å². The minimum absolute atomic E-state index is 0.0429. The van der Waals surface area contributed by atoms with Crippen LogP contribution in [0.1, 0.15) is 42.5 Å². The van der Waals surface area contributed by atoms with E-state index in [0.29, 0.717) is 36.1 Å². The van der Waals surface area contributed by atoms with Crippen molar-refractivity contribution >= 4 is 28.7 Å². The third kappa shape index (κ3) is 8.98. The number of hydrogen-bond acceptors (Lipinski definition) is 6. The quantitative estimate of drug-likeness (QED) is 0.187. The maximum atomic E-state index is 14.5. The van der Waals surface area contributed by atoms with Crippen LogP contribution < -0.4 is 10.3 Å². The predicted molar refractivity (Wildman–Crippen MR) is 176 cm³/mol. The largest absolute Gasteiger partial charge is 0.486 e. The van der Waals surface area contributed by atoms with Crippen LogP contribution in [-0.2, 0) is 33.9 Å². The summed E-state index contributed by atoms with van der Waals surface area (Å²) in [6.45, 7) is 0.858. The van der Waals surface area contributed by atoms with Crippen LogP contribution in [0.4, 0.5) is 18.0 Å². The van der Waals surface area contributed by atoms with E-state index in [1.165, 1.54) is 33.7 Å². The molecule has 1 atom stereocenters. The van der Waals surface area contributed by atoms with E-state index < -0.39 is 41.0 Å². The van der Waals surface area contributed by atoms with Crippen LogP contribution in [-0.4, -0.2) is 70.4 Å². The number of halogens is 3. The fraction of sp³-hybridized carbons (Fsp3) is 0.333. The molecule has 5 rings (SSSR count). The molecule has 1 N–H and O–H groups in total. The molecule has 0 radical (unpaired) electrons. The molecule has 49 heavy (non-hydrogen) atoms. The standard InChI is InChI=1S/C36H37F3N4O6/c1-41(2)33(45)10-4-3-9-31(49-36(47)42-13-5-6-14-42)30(44)18-23-8-7-15-43(35(23)46)21-28-17-25-16-27(38)20-32(34(25)40-28)48-22-24-11-12-26(37)19-29(24)39/h4,7-8,10-12,15-17,19-20,31,40H,3,5-6,9,13-14,18,21-22H2,1-2H3/b10-4+/t31-/m0/s1. The Labute approximate surface area is 280 Å². The minimum atomic E-state index is -1.12. The molecule has 0 saturated carbocycles. The number of hydrogen-bond donors (Lipinski definition) is 1. The number of carbonyl (C=O) groups excluding carboxylic acids is 3. The summed E-state index contributed by atoms with van der Waals surface area (Å²) in [5.41, 5.74) is 0.792. The number of likely N-dealkylation sites (N-methyl/N-ethyl adjacent to an activating group) is 1. The number of carbonyl (C=O) groups is 3. The van der Waals surface area contributed by atoms with Gasteiger partial charge >= 0.3 is 6.09 Å². The summed E-state index contributed by atoms with van der Waals surface area (Å²) in [7, 11) is 3.24. The monoisotopic (exact) mass is 678 g/mol. The van der Waals surface area contributed by atoms with Crippen molar-refractivity contribution in [2.75, 3.05) is 27.2 Å². The number of H-pyrrole nitrogens is 1. The summed E-state index contributed by atoms with van der Waals surface area (Å²) in [6.07, 6.45) is 4.70. The van der Waals surface area contributed by atoms with Gasteiger partial charge in [-0.2, -0.15) is 0 Å². The summed E-state index contributed by atoms with van der Waals surface area (Å²) in [6, 6.07) is 10.3. The number of likely N-dealkylation sites (tertiary alicyclic amines) is 1. The lowest BCUT2D eigenvalue weighted by Crippen LogP contribution is -2.37. The third-order valence-electron chi connectivity index (χ3n) is 8.18. The van der Waals surface area contributed by atoms with Crippen LogP contribution in [0.25, 0.3) is 10.9 Å². The van der Waals surface area contributed by atoms with Gasteiger partial charge in [-0.3, -0.25) is 14.4 Å². The smallest absolute Gasteiger partial charge is 0.410 e. The van der Waals surface area contributed by atoms with E-state index in [1.807, 2.05) is 0 Å². The lowest BCUT2D eigenvalue weighted by molar-refractivity contribution is -0.127. The zero-order valence-corrected chi connectivity index (χ0v) is 27.2. The van der Waals surface area contributed by atoms with Crippen LogP contribution in [0.2, 0.25) is 0 Å². The first-order valence-electron chi connectivity index (χ1n) is 15.9. The number of amides is 2. The summed E-state index contributed by atoms with van der Waals surface area (Å²) in [5.74, 6) is -2.67. The normalized spacial score (nSPS) is 13.6. The van der Waals surface area contributed by atoms with Crippen molar-refractivity contribution in [1.29, 1.82) is 0 Å². The molecule has 13 heteroatoms. The molecule has 258 valence electrons. The molecule has 0 unspecified atom stereocenters. The molecule has 0 bridgehead atoms. The molecule has 1 fully saturated rings. The highest BCUT2D eigenvalue weighted by Gasteiger charge is 2.27. The lowest BCUT2D eigenvalue weighted by atomic mass is 10.0. The van der Waals surface area contributed by atoms with Crippen molar-refractivity contribution in [1.82, 2.24) is 19.4 Å².